The van der Waals surface area contributed by atoms with Crippen molar-refractivity contribution in [3.05, 3.63) is 0 Å². The minimum Gasteiger partial charge on any atom is -0.381 e. The lowest BCUT2D eigenvalue weighted by molar-refractivity contribution is -0.0370. The van der Waals surface area contributed by atoms with Crippen molar-refractivity contribution in [1.82, 2.24) is 0 Å². The molecule has 0 saturated heterocycles. The Labute approximate surface area is 135 Å². The lowest BCUT2D eigenvalue weighted by Gasteiger charge is -2.40. The van der Waals surface area contributed by atoms with Gasteiger partial charge in [-0.25, -0.2) is 0 Å². The minimum atomic E-state index is 0.441. The Balaban J connectivity index is 4.43. The number of hydrogen-bond donors (Lipinski definition) is 0. The molecule has 128 valence electrons. The second-order valence-corrected chi connectivity index (χ2v) is 6.89. The van der Waals surface area contributed by atoms with Gasteiger partial charge in [0.1, 0.15) is 0 Å². The van der Waals surface area contributed by atoms with E-state index in [1.54, 1.807) is 0 Å². The van der Waals surface area contributed by atoms with Crippen molar-refractivity contribution < 1.29 is 4.74 Å². The highest BCUT2D eigenvalue weighted by atomic mass is 16.5. The molecule has 0 heterocycles. The lowest BCUT2D eigenvalue weighted by atomic mass is 9.70. The van der Waals surface area contributed by atoms with Crippen molar-refractivity contribution in [3.63, 3.8) is 0 Å². The first-order valence-electron chi connectivity index (χ1n) is 9.73. The molecule has 0 aromatic carbocycles. The summed E-state index contributed by atoms with van der Waals surface area (Å²) in [5, 5.41) is 0. The van der Waals surface area contributed by atoms with Crippen LogP contribution >= 0.6 is 0 Å². The summed E-state index contributed by atoms with van der Waals surface area (Å²) in [5.74, 6) is 0. The zero-order chi connectivity index (χ0) is 16.0. The Kier molecular flexibility index (Phi) is 13.6. The highest BCUT2D eigenvalue weighted by Crippen LogP contribution is 2.41. The van der Waals surface area contributed by atoms with Gasteiger partial charge in [0, 0.05) is 7.11 Å². The highest BCUT2D eigenvalue weighted by molar-refractivity contribution is 4.87. The summed E-state index contributed by atoms with van der Waals surface area (Å²) >= 11 is 0. The third-order valence-corrected chi connectivity index (χ3v) is 5.03. The Morgan fingerprint density at radius 1 is 0.667 bits per heavy atom. The second-order valence-electron chi connectivity index (χ2n) is 6.89. The molecule has 1 nitrogen and oxygen atoms in total. The maximum Gasteiger partial charge on any atom is 0.0627 e. The number of rotatable bonds is 15. The molecule has 21 heavy (non-hydrogen) atoms. The van der Waals surface area contributed by atoms with Gasteiger partial charge in [-0.3, -0.25) is 0 Å². The maximum atomic E-state index is 6.00. The van der Waals surface area contributed by atoms with E-state index < -0.39 is 0 Å². The zero-order valence-electron chi connectivity index (χ0n) is 15.7. The monoisotopic (exact) mass is 298 g/mol. The van der Waals surface area contributed by atoms with Gasteiger partial charge >= 0.3 is 0 Å². The summed E-state index contributed by atoms with van der Waals surface area (Å²) in [6.45, 7) is 9.28. The van der Waals surface area contributed by atoms with Gasteiger partial charge in [-0.05, 0) is 31.1 Å². The van der Waals surface area contributed by atoms with Crippen LogP contribution in [0, 0.1) is 5.41 Å². The summed E-state index contributed by atoms with van der Waals surface area (Å²) < 4.78 is 6.00. The molecule has 0 saturated carbocycles. The van der Waals surface area contributed by atoms with Gasteiger partial charge in [0.25, 0.3) is 0 Å². The Morgan fingerprint density at radius 2 is 1.14 bits per heavy atom. The van der Waals surface area contributed by atoms with Crippen LogP contribution in [-0.2, 0) is 4.74 Å². The van der Waals surface area contributed by atoms with E-state index >= 15 is 0 Å². The summed E-state index contributed by atoms with van der Waals surface area (Å²) in [5.41, 5.74) is 0.441. The smallest absolute Gasteiger partial charge is 0.0627 e. The van der Waals surface area contributed by atoms with E-state index in [1.165, 1.54) is 83.5 Å². The van der Waals surface area contributed by atoms with Gasteiger partial charge in [-0.2, -0.15) is 0 Å². The molecular weight excluding hydrogens is 256 g/mol. The standard InChI is InChI=1S/C20H42O/c1-6-10-11-12-13-14-15-19(21-5)20(16-7-2,17-8-3)18-9-4/h19H,6-18H2,1-5H3. The summed E-state index contributed by atoms with van der Waals surface area (Å²) in [6.07, 6.45) is 17.9. The molecule has 0 fully saturated rings. The Hall–Kier alpha value is -0.0400. The Morgan fingerprint density at radius 3 is 1.57 bits per heavy atom. The molecule has 0 aliphatic rings. The second kappa shape index (κ2) is 13.6. The number of unbranched alkanes of at least 4 members (excludes halogenated alkanes) is 5. The lowest BCUT2D eigenvalue weighted by Crippen LogP contribution is -2.36. The molecule has 1 unspecified atom stereocenters. The first-order chi connectivity index (χ1) is 10.2. The summed E-state index contributed by atoms with van der Waals surface area (Å²) in [7, 11) is 1.94. The first kappa shape index (κ1) is 21.0. The van der Waals surface area contributed by atoms with Gasteiger partial charge in [0.2, 0.25) is 0 Å². The van der Waals surface area contributed by atoms with Crippen LogP contribution in [0.1, 0.15) is 111 Å². The van der Waals surface area contributed by atoms with Gasteiger partial charge in [0.05, 0.1) is 6.10 Å². The third kappa shape index (κ3) is 8.24. The fourth-order valence-electron chi connectivity index (χ4n) is 4.14. The Bertz CT molecular complexity index is 195. The number of methoxy groups -OCH3 is 1. The molecule has 1 heteroatoms. The summed E-state index contributed by atoms with van der Waals surface area (Å²) in [6, 6.07) is 0. The van der Waals surface area contributed by atoms with E-state index in [2.05, 4.69) is 27.7 Å². The van der Waals surface area contributed by atoms with Crippen LogP contribution in [0.5, 0.6) is 0 Å². The first-order valence-corrected chi connectivity index (χ1v) is 9.73. The SMILES string of the molecule is CCCCCCCCC(OC)C(CCC)(CCC)CCC. The van der Waals surface area contributed by atoms with Gasteiger partial charge in [-0.1, -0.05) is 85.5 Å². The van der Waals surface area contributed by atoms with Crippen molar-refractivity contribution >= 4 is 0 Å². The van der Waals surface area contributed by atoms with Gasteiger partial charge in [-0.15, -0.1) is 0 Å². The van der Waals surface area contributed by atoms with E-state index in [0.717, 1.165) is 0 Å². The molecule has 1 atom stereocenters. The minimum absolute atomic E-state index is 0.441. The molecular formula is C20H42O. The molecule has 0 radical (unpaired) electrons. The number of ether oxygens (including phenoxy) is 1. The van der Waals surface area contributed by atoms with Gasteiger partial charge in [0.15, 0.2) is 0 Å². The fourth-order valence-corrected chi connectivity index (χ4v) is 4.14. The van der Waals surface area contributed by atoms with E-state index in [4.69, 9.17) is 4.74 Å². The van der Waals surface area contributed by atoms with Crippen LogP contribution < -0.4 is 0 Å². The summed E-state index contributed by atoms with van der Waals surface area (Å²) in [4.78, 5) is 0. The van der Waals surface area contributed by atoms with Crippen molar-refractivity contribution in [2.24, 2.45) is 5.41 Å². The average Bonchev–Trinajstić information content (AvgIpc) is 2.47. The molecule has 0 aromatic rings. The normalized spacial score (nSPS) is 13.6. The molecule has 0 amide bonds. The highest BCUT2D eigenvalue weighted by Gasteiger charge is 2.36. The quantitative estimate of drug-likeness (QED) is 0.292. The van der Waals surface area contributed by atoms with Gasteiger partial charge < -0.3 is 4.74 Å². The maximum absolute atomic E-state index is 6.00. The molecule has 0 aliphatic heterocycles. The van der Waals surface area contributed by atoms with Crippen molar-refractivity contribution in [2.75, 3.05) is 7.11 Å². The largest absolute Gasteiger partial charge is 0.381 e. The predicted molar refractivity (Wildman–Crippen MR) is 95.9 cm³/mol. The van der Waals surface area contributed by atoms with Crippen molar-refractivity contribution in [1.29, 1.82) is 0 Å². The number of hydrogen-bond acceptors (Lipinski definition) is 1. The van der Waals surface area contributed by atoms with Crippen LogP contribution in [0.15, 0.2) is 0 Å². The van der Waals surface area contributed by atoms with Crippen LogP contribution in [0.2, 0.25) is 0 Å². The zero-order valence-corrected chi connectivity index (χ0v) is 15.7. The molecule has 0 aromatic heterocycles. The van der Waals surface area contributed by atoms with E-state index in [0.29, 0.717) is 11.5 Å². The molecule has 0 bridgehead atoms. The van der Waals surface area contributed by atoms with E-state index in [-0.39, 0.29) is 0 Å². The van der Waals surface area contributed by atoms with Crippen LogP contribution in [-0.4, -0.2) is 13.2 Å². The van der Waals surface area contributed by atoms with E-state index in [1.807, 2.05) is 7.11 Å². The van der Waals surface area contributed by atoms with Crippen molar-refractivity contribution in [3.8, 4) is 0 Å². The topological polar surface area (TPSA) is 9.23 Å². The fraction of sp³-hybridized carbons (Fsp3) is 1.00. The van der Waals surface area contributed by atoms with Crippen LogP contribution in [0.4, 0.5) is 0 Å². The molecule has 0 rings (SSSR count). The molecule has 0 spiro atoms. The van der Waals surface area contributed by atoms with Crippen molar-refractivity contribution in [2.45, 2.75) is 117 Å². The molecule has 0 N–H and O–H groups in total. The van der Waals surface area contributed by atoms with Crippen LogP contribution in [0.3, 0.4) is 0 Å². The van der Waals surface area contributed by atoms with Crippen LogP contribution in [0.25, 0.3) is 0 Å². The van der Waals surface area contributed by atoms with E-state index in [9.17, 15) is 0 Å². The third-order valence-electron chi connectivity index (χ3n) is 5.03. The predicted octanol–water partition coefficient (Wildman–Crippen LogP) is 7.14. The molecule has 0 aliphatic carbocycles. The average molecular weight is 299 g/mol.